The smallest absolute Gasteiger partial charge is 0.150 e. The van der Waals surface area contributed by atoms with E-state index in [2.05, 4.69) is 0 Å². The number of hydrogen-bond donors (Lipinski definition) is 1. The lowest BCUT2D eigenvalue weighted by atomic mass is 10.0. The highest BCUT2D eigenvalue weighted by Gasteiger charge is 2.33. The second-order valence-electron chi connectivity index (χ2n) is 6.36. The van der Waals surface area contributed by atoms with Gasteiger partial charge in [-0.3, -0.25) is 0 Å². The average molecular weight is 298 g/mol. The topological polar surface area (TPSA) is 47.3 Å². The summed E-state index contributed by atoms with van der Waals surface area (Å²) in [4.78, 5) is 0. The molecule has 2 aromatic rings. The molecule has 1 saturated heterocycles. The van der Waals surface area contributed by atoms with Gasteiger partial charge in [0, 0.05) is 24.3 Å². The molecular formula is C18H22N2O2. The zero-order valence-corrected chi connectivity index (χ0v) is 12.7. The Balaban J connectivity index is 1.66. The van der Waals surface area contributed by atoms with E-state index in [1.54, 1.807) is 0 Å². The molecule has 0 radical (unpaired) electrons. The van der Waals surface area contributed by atoms with Crippen LogP contribution in [-0.2, 0) is 4.74 Å². The van der Waals surface area contributed by atoms with Crippen molar-refractivity contribution in [1.29, 1.82) is 0 Å². The van der Waals surface area contributed by atoms with Gasteiger partial charge in [0.15, 0.2) is 0 Å². The van der Waals surface area contributed by atoms with Crippen LogP contribution in [0.5, 0.6) is 0 Å². The molecule has 22 heavy (non-hydrogen) atoms. The van der Waals surface area contributed by atoms with E-state index in [0.29, 0.717) is 5.92 Å². The molecule has 1 N–H and O–H groups in total. The van der Waals surface area contributed by atoms with Crippen molar-refractivity contribution in [2.45, 2.75) is 50.4 Å². The van der Waals surface area contributed by atoms with Crippen molar-refractivity contribution >= 4 is 0 Å². The molecule has 2 atom stereocenters. The summed E-state index contributed by atoms with van der Waals surface area (Å²) in [6, 6.07) is 9.83. The average Bonchev–Trinajstić information content (AvgIpc) is 3.34. The van der Waals surface area contributed by atoms with Gasteiger partial charge < -0.3 is 9.84 Å². The summed E-state index contributed by atoms with van der Waals surface area (Å²) in [6.07, 6.45) is 7.10. The highest BCUT2D eigenvalue weighted by atomic mass is 16.5. The number of benzene rings is 1. The minimum absolute atomic E-state index is 0.0305. The van der Waals surface area contributed by atoms with E-state index in [1.165, 1.54) is 19.3 Å². The third-order valence-corrected chi connectivity index (χ3v) is 4.61. The van der Waals surface area contributed by atoms with Crippen molar-refractivity contribution in [2.75, 3.05) is 6.61 Å². The molecular weight excluding hydrogens is 276 g/mol. The molecule has 0 amide bonds. The van der Waals surface area contributed by atoms with E-state index in [4.69, 9.17) is 9.84 Å². The molecule has 2 heterocycles. The van der Waals surface area contributed by atoms with E-state index in [9.17, 15) is 5.11 Å². The quantitative estimate of drug-likeness (QED) is 0.939. The van der Waals surface area contributed by atoms with Gasteiger partial charge in [0.1, 0.15) is 12.3 Å². The number of rotatable bonds is 4. The maximum atomic E-state index is 10.8. The SMILES string of the molecule is OC(c1ccccc1)c1cn(C2CCCCO2)nc1C1CC1. The zero-order valence-electron chi connectivity index (χ0n) is 12.7. The van der Waals surface area contributed by atoms with Gasteiger partial charge in [-0.15, -0.1) is 0 Å². The Morgan fingerprint density at radius 3 is 2.64 bits per heavy atom. The zero-order chi connectivity index (χ0) is 14.9. The lowest BCUT2D eigenvalue weighted by Crippen LogP contribution is -2.18. The third-order valence-electron chi connectivity index (χ3n) is 4.61. The molecule has 1 saturated carbocycles. The van der Waals surface area contributed by atoms with Crippen LogP contribution in [0.25, 0.3) is 0 Å². The van der Waals surface area contributed by atoms with E-state index < -0.39 is 6.10 Å². The molecule has 1 aliphatic heterocycles. The van der Waals surface area contributed by atoms with Gasteiger partial charge in [-0.1, -0.05) is 30.3 Å². The Bertz CT molecular complexity index is 628. The first-order valence-electron chi connectivity index (χ1n) is 8.26. The van der Waals surface area contributed by atoms with E-state index in [1.807, 2.05) is 41.2 Å². The monoisotopic (exact) mass is 298 g/mol. The van der Waals surface area contributed by atoms with Crippen molar-refractivity contribution in [2.24, 2.45) is 0 Å². The van der Waals surface area contributed by atoms with Crippen molar-refractivity contribution in [3.8, 4) is 0 Å². The lowest BCUT2D eigenvalue weighted by Gasteiger charge is -2.22. The first kappa shape index (κ1) is 14.0. The van der Waals surface area contributed by atoms with Crippen molar-refractivity contribution < 1.29 is 9.84 Å². The van der Waals surface area contributed by atoms with Crippen LogP contribution in [0.15, 0.2) is 36.5 Å². The summed E-state index contributed by atoms with van der Waals surface area (Å²) in [5, 5.41) is 15.5. The van der Waals surface area contributed by atoms with Gasteiger partial charge in [-0.25, -0.2) is 4.68 Å². The molecule has 4 nitrogen and oxygen atoms in total. The van der Waals surface area contributed by atoms with Crippen LogP contribution in [0.4, 0.5) is 0 Å². The van der Waals surface area contributed by atoms with Crippen molar-refractivity contribution in [3.05, 3.63) is 53.3 Å². The maximum Gasteiger partial charge on any atom is 0.150 e. The van der Waals surface area contributed by atoms with E-state index >= 15 is 0 Å². The Kier molecular flexibility index (Phi) is 3.72. The van der Waals surface area contributed by atoms with Crippen LogP contribution in [0.2, 0.25) is 0 Å². The summed E-state index contributed by atoms with van der Waals surface area (Å²) in [5.41, 5.74) is 2.93. The number of hydrogen-bond acceptors (Lipinski definition) is 3. The number of ether oxygens (including phenoxy) is 1. The van der Waals surface area contributed by atoms with Crippen LogP contribution < -0.4 is 0 Å². The van der Waals surface area contributed by atoms with Crippen LogP contribution in [-0.4, -0.2) is 21.5 Å². The largest absolute Gasteiger partial charge is 0.384 e. The Labute approximate surface area is 130 Å². The maximum absolute atomic E-state index is 10.8. The normalized spacial score (nSPS) is 23.4. The predicted octanol–water partition coefficient (Wildman–Crippen LogP) is 3.54. The minimum Gasteiger partial charge on any atom is -0.384 e. The molecule has 1 aromatic heterocycles. The second kappa shape index (κ2) is 5.86. The predicted molar refractivity (Wildman–Crippen MR) is 83.5 cm³/mol. The summed E-state index contributed by atoms with van der Waals surface area (Å²) < 4.78 is 7.78. The van der Waals surface area contributed by atoms with E-state index in [-0.39, 0.29) is 6.23 Å². The Morgan fingerprint density at radius 1 is 1.14 bits per heavy atom. The Hall–Kier alpha value is -1.65. The molecule has 2 aliphatic rings. The van der Waals surface area contributed by atoms with Gasteiger partial charge >= 0.3 is 0 Å². The first-order chi connectivity index (χ1) is 10.8. The minimum atomic E-state index is -0.603. The highest BCUT2D eigenvalue weighted by Crippen LogP contribution is 2.43. The van der Waals surface area contributed by atoms with Crippen LogP contribution in [0.3, 0.4) is 0 Å². The van der Waals surface area contributed by atoms with Crippen molar-refractivity contribution in [3.63, 3.8) is 0 Å². The number of nitrogens with zero attached hydrogens (tertiary/aromatic N) is 2. The van der Waals surface area contributed by atoms with Crippen molar-refractivity contribution in [1.82, 2.24) is 9.78 Å². The molecule has 0 spiro atoms. The molecule has 116 valence electrons. The molecule has 1 aliphatic carbocycles. The summed E-state index contributed by atoms with van der Waals surface area (Å²) in [6.45, 7) is 0.805. The van der Waals surface area contributed by atoms with Gasteiger partial charge in [-0.2, -0.15) is 5.10 Å². The molecule has 0 bridgehead atoms. The Morgan fingerprint density at radius 2 is 1.95 bits per heavy atom. The fraction of sp³-hybridized carbons (Fsp3) is 0.500. The lowest BCUT2D eigenvalue weighted by molar-refractivity contribution is -0.0397. The third kappa shape index (κ3) is 2.69. The number of aliphatic hydroxyl groups is 1. The summed E-state index contributed by atoms with van der Waals surface area (Å²) in [7, 11) is 0. The number of aliphatic hydroxyl groups excluding tert-OH is 1. The highest BCUT2D eigenvalue weighted by molar-refractivity contribution is 5.34. The molecule has 4 rings (SSSR count). The summed E-state index contributed by atoms with van der Waals surface area (Å²) >= 11 is 0. The van der Waals surface area contributed by atoms with Gasteiger partial charge in [0.25, 0.3) is 0 Å². The van der Waals surface area contributed by atoms with Gasteiger partial charge in [-0.05, 0) is 37.7 Å². The molecule has 2 fully saturated rings. The standard InChI is InChI=1S/C18H22N2O2/c21-18(14-6-2-1-3-7-14)15-12-20(16-8-4-5-11-22-16)19-17(15)13-9-10-13/h1-3,6-7,12-13,16,18,21H,4-5,8-11H2. The fourth-order valence-corrected chi connectivity index (χ4v) is 3.20. The van der Waals surface area contributed by atoms with E-state index in [0.717, 1.165) is 36.3 Å². The fourth-order valence-electron chi connectivity index (χ4n) is 3.20. The van der Waals surface area contributed by atoms with Gasteiger partial charge in [0.2, 0.25) is 0 Å². The van der Waals surface area contributed by atoms with Crippen LogP contribution >= 0.6 is 0 Å². The number of aromatic nitrogens is 2. The van der Waals surface area contributed by atoms with Crippen LogP contribution in [0, 0.1) is 0 Å². The second-order valence-corrected chi connectivity index (χ2v) is 6.36. The molecule has 4 heteroatoms. The van der Waals surface area contributed by atoms with Crippen LogP contribution in [0.1, 0.15) is 67.2 Å². The molecule has 1 aromatic carbocycles. The first-order valence-corrected chi connectivity index (χ1v) is 8.26. The summed E-state index contributed by atoms with van der Waals surface area (Å²) in [5.74, 6) is 0.512. The molecule has 2 unspecified atom stereocenters. The van der Waals surface area contributed by atoms with Gasteiger partial charge in [0.05, 0.1) is 5.69 Å².